The van der Waals surface area contributed by atoms with Crippen molar-refractivity contribution in [3.63, 3.8) is 0 Å². The van der Waals surface area contributed by atoms with Crippen molar-refractivity contribution < 1.29 is 0 Å². The summed E-state index contributed by atoms with van der Waals surface area (Å²) in [4.78, 5) is 6.76. The molecule has 17 heavy (non-hydrogen) atoms. The zero-order valence-electron chi connectivity index (χ0n) is 11.1. The van der Waals surface area contributed by atoms with E-state index in [1.54, 1.807) is 0 Å². The third-order valence-corrected chi connectivity index (χ3v) is 3.79. The molecule has 0 bridgehead atoms. The van der Waals surface area contributed by atoms with Crippen molar-refractivity contribution in [2.24, 2.45) is 12.8 Å². The molecule has 0 spiro atoms. The molecule has 2 atom stereocenters. The van der Waals surface area contributed by atoms with E-state index in [9.17, 15) is 0 Å². The minimum absolute atomic E-state index is 0.218. The van der Waals surface area contributed by atoms with Crippen LogP contribution in [-0.4, -0.2) is 33.1 Å². The number of nitrogens with zero attached hydrogens (tertiary/aromatic N) is 3. The summed E-state index contributed by atoms with van der Waals surface area (Å²) >= 11 is 0. The molecule has 2 N–H and O–H groups in total. The summed E-state index contributed by atoms with van der Waals surface area (Å²) in [7, 11) is 2.05. The Balaban J connectivity index is 2.33. The number of nitrogens with two attached hydrogens (primary N) is 1. The highest BCUT2D eigenvalue weighted by atomic mass is 15.2. The van der Waals surface area contributed by atoms with Gasteiger partial charge in [-0.25, -0.2) is 4.98 Å². The first kappa shape index (κ1) is 12.6. The molecule has 0 radical (unpaired) electrons. The lowest BCUT2D eigenvalue weighted by atomic mass is 10.0. The van der Waals surface area contributed by atoms with Crippen LogP contribution >= 0.6 is 0 Å². The Kier molecular flexibility index (Phi) is 3.84. The summed E-state index contributed by atoms with van der Waals surface area (Å²) in [6.45, 7) is 5.64. The Morgan fingerprint density at radius 3 is 2.76 bits per heavy atom. The highest BCUT2D eigenvalue weighted by Crippen LogP contribution is 2.30. The number of aromatic nitrogens is 2. The molecule has 0 aliphatic carbocycles. The predicted octanol–water partition coefficient (Wildman–Crippen LogP) is 1.68. The van der Waals surface area contributed by atoms with Gasteiger partial charge < -0.3 is 10.3 Å². The molecule has 1 aromatic heterocycles. The van der Waals surface area contributed by atoms with Crippen LogP contribution in [0.2, 0.25) is 0 Å². The van der Waals surface area contributed by atoms with Gasteiger partial charge in [0, 0.05) is 25.3 Å². The first-order valence-electron chi connectivity index (χ1n) is 6.59. The first-order chi connectivity index (χ1) is 8.11. The Morgan fingerprint density at radius 2 is 2.18 bits per heavy atom. The average molecular weight is 236 g/mol. The van der Waals surface area contributed by atoms with Crippen LogP contribution in [0.5, 0.6) is 0 Å². The molecule has 1 aliphatic heterocycles. The van der Waals surface area contributed by atoms with Gasteiger partial charge in [0.2, 0.25) is 0 Å². The van der Waals surface area contributed by atoms with Crippen molar-refractivity contribution >= 4 is 0 Å². The highest BCUT2D eigenvalue weighted by Gasteiger charge is 2.31. The van der Waals surface area contributed by atoms with E-state index < -0.39 is 0 Å². The molecule has 1 fully saturated rings. The largest absolute Gasteiger partial charge is 0.336 e. The molecular weight excluding hydrogens is 212 g/mol. The Hall–Kier alpha value is -0.870. The van der Waals surface area contributed by atoms with Gasteiger partial charge in [-0.05, 0) is 33.2 Å². The second-order valence-electron chi connectivity index (χ2n) is 5.37. The maximum Gasteiger partial charge on any atom is 0.0946 e. The first-order valence-corrected chi connectivity index (χ1v) is 6.59. The fraction of sp³-hybridized carbons (Fsp3) is 0.769. The van der Waals surface area contributed by atoms with E-state index in [1.807, 2.05) is 12.5 Å². The Bertz CT molecular complexity index is 358. The van der Waals surface area contributed by atoms with Crippen molar-refractivity contribution in [2.75, 3.05) is 6.54 Å². The topological polar surface area (TPSA) is 47.1 Å². The van der Waals surface area contributed by atoms with E-state index in [0.29, 0.717) is 12.1 Å². The molecule has 0 amide bonds. The van der Waals surface area contributed by atoms with E-state index in [1.165, 1.54) is 18.5 Å². The lowest BCUT2D eigenvalue weighted by molar-refractivity contribution is 0.138. The van der Waals surface area contributed by atoms with Crippen molar-refractivity contribution in [2.45, 2.75) is 51.2 Å². The number of hydrogen-bond donors (Lipinski definition) is 1. The molecule has 1 aliphatic rings. The smallest absolute Gasteiger partial charge is 0.0946 e. The number of aryl methyl sites for hydroxylation is 1. The summed E-state index contributed by atoms with van der Waals surface area (Å²) in [5.41, 5.74) is 7.63. The molecule has 2 rings (SSSR count). The average Bonchev–Trinajstić information content (AvgIpc) is 2.58. The van der Waals surface area contributed by atoms with E-state index in [0.717, 1.165) is 13.0 Å². The summed E-state index contributed by atoms with van der Waals surface area (Å²) in [6, 6.07) is 1.05. The fourth-order valence-electron chi connectivity index (χ4n) is 2.84. The van der Waals surface area contributed by atoms with Crippen LogP contribution in [-0.2, 0) is 7.05 Å². The lowest BCUT2D eigenvalue weighted by Crippen LogP contribution is -2.43. The molecule has 1 aromatic rings. The van der Waals surface area contributed by atoms with Gasteiger partial charge in [-0.3, -0.25) is 4.90 Å². The van der Waals surface area contributed by atoms with Crippen LogP contribution < -0.4 is 5.73 Å². The van der Waals surface area contributed by atoms with Crippen LogP contribution in [0.15, 0.2) is 12.5 Å². The second kappa shape index (κ2) is 5.19. The maximum absolute atomic E-state index is 6.38. The number of likely N-dealkylation sites (tertiary alicyclic amines) is 1. The van der Waals surface area contributed by atoms with Gasteiger partial charge in [-0.15, -0.1) is 0 Å². The van der Waals surface area contributed by atoms with E-state index in [4.69, 9.17) is 5.73 Å². The van der Waals surface area contributed by atoms with Crippen LogP contribution in [0.25, 0.3) is 0 Å². The van der Waals surface area contributed by atoms with Crippen LogP contribution in [0.3, 0.4) is 0 Å². The van der Waals surface area contributed by atoms with Gasteiger partial charge in [-0.2, -0.15) is 0 Å². The van der Waals surface area contributed by atoms with Gasteiger partial charge in [0.05, 0.1) is 18.1 Å². The fourth-order valence-corrected chi connectivity index (χ4v) is 2.84. The molecule has 4 heteroatoms. The molecule has 1 saturated heterocycles. The molecule has 2 unspecified atom stereocenters. The number of imidazole rings is 1. The quantitative estimate of drug-likeness (QED) is 0.850. The predicted molar refractivity (Wildman–Crippen MR) is 69.6 cm³/mol. The molecule has 2 heterocycles. The third kappa shape index (κ3) is 2.53. The van der Waals surface area contributed by atoms with Crippen molar-refractivity contribution in [3.05, 3.63) is 18.2 Å². The van der Waals surface area contributed by atoms with Crippen LogP contribution in [0, 0.1) is 0 Å². The van der Waals surface area contributed by atoms with Gasteiger partial charge in [-0.1, -0.05) is 6.42 Å². The highest BCUT2D eigenvalue weighted by molar-refractivity contribution is 5.10. The summed E-state index contributed by atoms with van der Waals surface area (Å²) in [6.07, 6.45) is 7.43. The van der Waals surface area contributed by atoms with Crippen LogP contribution in [0.4, 0.5) is 0 Å². The molecule has 0 saturated carbocycles. The Morgan fingerprint density at radius 1 is 1.41 bits per heavy atom. The molecule has 4 nitrogen and oxygen atoms in total. The van der Waals surface area contributed by atoms with E-state index in [-0.39, 0.29) is 6.04 Å². The minimum atomic E-state index is 0.218. The van der Waals surface area contributed by atoms with Gasteiger partial charge >= 0.3 is 0 Å². The SMILES string of the molecule is CC(C)N1CCCCC(N)C1c1cncn1C. The van der Waals surface area contributed by atoms with E-state index in [2.05, 4.69) is 35.3 Å². The van der Waals surface area contributed by atoms with Gasteiger partial charge in [0.25, 0.3) is 0 Å². The Labute approximate surface area is 104 Å². The van der Waals surface area contributed by atoms with E-state index >= 15 is 0 Å². The zero-order valence-corrected chi connectivity index (χ0v) is 11.1. The third-order valence-electron chi connectivity index (χ3n) is 3.79. The minimum Gasteiger partial charge on any atom is -0.336 e. The summed E-state index contributed by atoms with van der Waals surface area (Å²) < 4.78 is 2.10. The maximum atomic E-state index is 6.38. The zero-order chi connectivity index (χ0) is 12.4. The van der Waals surface area contributed by atoms with Crippen molar-refractivity contribution in [1.29, 1.82) is 0 Å². The van der Waals surface area contributed by atoms with Gasteiger partial charge in [0.1, 0.15) is 0 Å². The standard InChI is InChI=1S/C13H24N4/c1-10(2)17-7-5-4-6-11(14)13(17)12-8-15-9-16(12)3/h8-11,13H,4-7,14H2,1-3H3. The molecule has 96 valence electrons. The van der Waals surface area contributed by atoms with Crippen LogP contribution in [0.1, 0.15) is 44.8 Å². The summed E-state index contributed by atoms with van der Waals surface area (Å²) in [5.74, 6) is 0. The second-order valence-corrected chi connectivity index (χ2v) is 5.37. The number of hydrogen-bond acceptors (Lipinski definition) is 3. The van der Waals surface area contributed by atoms with Gasteiger partial charge in [0.15, 0.2) is 0 Å². The number of rotatable bonds is 2. The lowest BCUT2D eigenvalue weighted by Gasteiger charge is -2.36. The monoisotopic (exact) mass is 236 g/mol. The normalized spacial score (nSPS) is 27.4. The van der Waals surface area contributed by atoms with Crippen molar-refractivity contribution in [1.82, 2.24) is 14.5 Å². The molecular formula is C13H24N4. The molecule has 0 aromatic carbocycles. The summed E-state index contributed by atoms with van der Waals surface area (Å²) in [5, 5.41) is 0. The van der Waals surface area contributed by atoms with Crippen molar-refractivity contribution in [3.8, 4) is 0 Å².